The van der Waals surface area contributed by atoms with Crippen LogP contribution in [0.5, 0.6) is 0 Å². The minimum Gasteiger partial charge on any atom is -0.396 e. The van der Waals surface area contributed by atoms with Crippen LogP contribution in [0.2, 0.25) is 0 Å². The lowest BCUT2D eigenvalue weighted by Gasteiger charge is -2.36. The van der Waals surface area contributed by atoms with Crippen molar-refractivity contribution in [2.45, 2.75) is 38.1 Å². The third-order valence-electron chi connectivity index (χ3n) is 4.53. The zero-order valence-electron chi connectivity index (χ0n) is 10.9. The third-order valence-corrected chi connectivity index (χ3v) is 4.53. The fraction of sp³-hybridized carbons (Fsp3) is 0.923. The van der Waals surface area contributed by atoms with Crippen molar-refractivity contribution in [3.05, 3.63) is 0 Å². The van der Waals surface area contributed by atoms with Gasteiger partial charge in [0, 0.05) is 38.3 Å². The van der Waals surface area contributed by atoms with E-state index in [1.54, 1.807) is 0 Å². The third kappa shape index (κ3) is 2.68. The van der Waals surface area contributed by atoms with Crippen LogP contribution in [0, 0.1) is 11.3 Å². The van der Waals surface area contributed by atoms with Crippen LogP contribution in [0.15, 0.2) is 0 Å². The van der Waals surface area contributed by atoms with E-state index in [1.165, 1.54) is 0 Å². The van der Waals surface area contributed by atoms with E-state index < -0.39 is 5.41 Å². The van der Waals surface area contributed by atoms with Gasteiger partial charge in [0.05, 0.1) is 5.41 Å². The zero-order chi connectivity index (χ0) is 13.0. The second-order valence-electron chi connectivity index (χ2n) is 5.55. The van der Waals surface area contributed by atoms with Gasteiger partial charge >= 0.3 is 0 Å². The summed E-state index contributed by atoms with van der Waals surface area (Å²) in [6.45, 7) is 1.75. The molecule has 104 valence electrons. The van der Waals surface area contributed by atoms with E-state index in [2.05, 4.69) is 5.32 Å². The zero-order valence-corrected chi connectivity index (χ0v) is 10.9. The quantitative estimate of drug-likeness (QED) is 0.662. The minimum atomic E-state index is -0.457. The molecule has 2 fully saturated rings. The maximum atomic E-state index is 12.4. The summed E-state index contributed by atoms with van der Waals surface area (Å²) in [5, 5.41) is 12.4. The van der Waals surface area contributed by atoms with E-state index in [1.807, 2.05) is 0 Å². The molecule has 0 spiro atoms. The van der Waals surface area contributed by atoms with Gasteiger partial charge in [0.2, 0.25) is 5.91 Å². The fourth-order valence-corrected chi connectivity index (χ4v) is 3.05. The number of nitrogens with one attached hydrogen (secondary N) is 1. The van der Waals surface area contributed by atoms with Crippen LogP contribution in [-0.2, 0) is 9.53 Å². The first-order valence-electron chi connectivity index (χ1n) is 6.91. The second-order valence-corrected chi connectivity index (χ2v) is 5.55. The number of rotatable bonds is 4. The van der Waals surface area contributed by atoms with Crippen LogP contribution in [0.25, 0.3) is 0 Å². The van der Waals surface area contributed by atoms with Gasteiger partial charge in [0.15, 0.2) is 0 Å². The lowest BCUT2D eigenvalue weighted by Crippen LogP contribution is -2.52. The first-order chi connectivity index (χ1) is 8.72. The average Bonchev–Trinajstić information content (AvgIpc) is 2.86. The van der Waals surface area contributed by atoms with Crippen molar-refractivity contribution in [1.29, 1.82) is 0 Å². The molecule has 1 saturated carbocycles. The molecule has 5 nitrogen and oxygen atoms in total. The van der Waals surface area contributed by atoms with Crippen molar-refractivity contribution in [3.8, 4) is 0 Å². The Balaban J connectivity index is 1.97. The maximum absolute atomic E-state index is 12.4. The lowest BCUT2D eigenvalue weighted by molar-refractivity contribution is -0.137. The Morgan fingerprint density at radius 2 is 2.11 bits per heavy atom. The topological polar surface area (TPSA) is 84.6 Å². The Hall–Kier alpha value is -0.650. The Kier molecular flexibility index (Phi) is 4.59. The van der Waals surface area contributed by atoms with Gasteiger partial charge in [-0.05, 0) is 25.7 Å². The number of hydrogen-bond acceptors (Lipinski definition) is 4. The molecule has 0 aromatic rings. The van der Waals surface area contributed by atoms with Crippen LogP contribution < -0.4 is 11.1 Å². The van der Waals surface area contributed by atoms with Gasteiger partial charge < -0.3 is 20.9 Å². The first-order valence-corrected chi connectivity index (χ1v) is 6.91. The summed E-state index contributed by atoms with van der Waals surface area (Å²) >= 11 is 0. The molecule has 18 heavy (non-hydrogen) atoms. The van der Waals surface area contributed by atoms with E-state index in [0.717, 1.165) is 19.3 Å². The summed E-state index contributed by atoms with van der Waals surface area (Å²) in [5.41, 5.74) is 5.36. The molecule has 4 N–H and O–H groups in total. The van der Waals surface area contributed by atoms with Crippen molar-refractivity contribution in [3.63, 3.8) is 0 Å². The number of aliphatic hydroxyl groups is 1. The van der Waals surface area contributed by atoms with E-state index in [4.69, 9.17) is 10.5 Å². The Morgan fingerprint density at radius 3 is 2.72 bits per heavy atom. The summed E-state index contributed by atoms with van der Waals surface area (Å²) < 4.78 is 5.31. The Bertz CT molecular complexity index is 290. The summed E-state index contributed by atoms with van der Waals surface area (Å²) in [5.74, 6) is 0.266. The number of hydrogen-bond donors (Lipinski definition) is 3. The van der Waals surface area contributed by atoms with E-state index in [-0.39, 0.29) is 24.5 Å². The van der Waals surface area contributed by atoms with Crippen molar-refractivity contribution in [2.24, 2.45) is 17.1 Å². The number of ether oxygens (including phenoxy) is 1. The highest BCUT2D eigenvalue weighted by Crippen LogP contribution is 2.31. The first kappa shape index (κ1) is 13.8. The number of amides is 1. The molecule has 0 radical (unpaired) electrons. The van der Waals surface area contributed by atoms with Crippen molar-refractivity contribution in [2.75, 3.05) is 26.4 Å². The molecule has 1 saturated heterocycles. The molecule has 1 aliphatic heterocycles. The molecule has 1 amide bonds. The largest absolute Gasteiger partial charge is 0.396 e. The molecule has 0 aromatic heterocycles. The number of carbonyl (C=O) groups is 1. The molecule has 2 aliphatic rings. The minimum absolute atomic E-state index is 0.0543. The number of nitrogens with two attached hydrogens (primary N) is 1. The predicted molar refractivity (Wildman–Crippen MR) is 67.9 cm³/mol. The SMILES string of the molecule is NCC1(C(=O)NC2CCCC2CO)CCOCC1. The molecule has 0 bridgehead atoms. The average molecular weight is 256 g/mol. The van der Waals surface area contributed by atoms with Gasteiger partial charge in [-0.3, -0.25) is 4.79 Å². The molecular formula is C13H24N2O3. The van der Waals surface area contributed by atoms with Gasteiger partial charge in [0.1, 0.15) is 0 Å². The van der Waals surface area contributed by atoms with Crippen molar-refractivity contribution in [1.82, 2.24) is 5.32 Å². The summed E-state index contributed by atoms with van der Waals surface area (Å²) in [4.78, 5) is 12.4. The molecule has 1 heterocycles. The van der Waals surface area contributed by atoms with Crippen molar-refractivity contribution < 1.29 is 14.6 Å². The fourth-order valence-electron chi connectivity index (χ4n) is 3.05. The van der Waals surface area contributed by atoms with Gasteiger partial charge in [-0.25, -0.2) is 0 Å². The molecule has 0 aromatic carbocycles. The smallest absolute Gasteiger partial charge is 0.227 e. The number of carbonyl (C=O) groups excluding carboxylic acids is 1. The van der Waals surface area contributed by atoms with Gasteiger partial charge in [-0.15, -0.1) is 0 Å². The molecule has 1 aliphatic carbocycles. The van der Waals surface area contributed by atoms with Crippen LogP contribution in [0.3, 0.4) is 0 Å². The Labute approximate surface area is 108 Å². The van der Waals surface area contributed by atoms with Gasteiger partial charge in [-0.2, -0.15) is 0 Å². The summed E-state index contributed by atoms with van der Waals surface area (Å²) in [7, 11) is 0. The summed E-state index contributed by atoms with van der Waals surface area (Å²) in [6, 6.07) is 0.119. The van der Waals surface area contributed by atoms with E-state index in [0.29, 0.717) is 32.6 Å². The lowest BCUT2D eigenvalue weighted by atomic mass is 9.79. The highest BCUT2D eigenvalue weighted by atomic mass is 16.5. The van der Waals surface area contributed by atoms with E-state index in [9.17, 15) is 9.90 Å². The molecule has 2 rings (SSSR count). The summed E-state index contributed by atoms with van der Waals surface area (Å²) in [6.07, 6.45) is 4.45. The Morgan fingerprint density at radius 1 is 1.39 bits per heavy atom. The van der Waals surface area contributed by atoms with Crippen molar-refractivity contribution >= 4 is 5.91 Å². The molecular weight excluding hydrogens is 232 g/mol. The van der Waals surface area contributed by atoms with Crippen LogP contribution in [-0.4, -0.2) is 43.4 Å². The van der Waals surface area contributed by atoms with Crippen LogP contribution in [0.4, 0.5) is 0 Å². The standard InChI is InChI=1S/C13H24N2O3/c14-9-13(4-6-18-7-5-13)12(17)15-11-3-1-2-10(11)8-16/h10-11,16H,1-9,14H2,(H,15,17). The van der Waals surface area contributed by atoms with Crippen LogP contribution in [0.1, 0.15) is 32.1 Å². The normalized spacial score (nSPS) is 31.2. The number of aliphatic hydroxyl groups excluding tert-OH is 1. The van der Waals surface area contributed by atoms with Gasteiger partial charge in [0.25, 0.3) is 0 Å². The highest BCUT2D eigenvalue weighted by Gasteiger charge is 2.40. The molecule has 5 heteroatoms. The second kappa shape index (κ2) is 5.99. The van der Waals surface area contributed by atoms with Gasteiger partial charge in [-0.1, -0.05) is 6.42 Å². The van der Waals surface area contributed by atoms with Crippen LogP contribution >= 0.6 is 0 Å². The monoisotopic (exact) mass is 256 g/mol. The molecule has 2 unspecified atom stereocenters. The predicted octanol–water partition coefficient (Wildman–Crippen LogP) is 0.0191. The molecule has 2 atom stereocenters. The van der Waals surface area contributed by atoms with E-state index >= 15 is 0 Å². The highest BCUT2D eigenvalue weighted by molar-refractivity contribution is 5.83. The maximum Gasteiger partial charge on any atom is 0.227 e.